The van der Waals surface area contributed by atoms with Gasteiger partial charge in [0.05, 0.1) is 0 Å². The largest absolute Gasteiger partial charge is 0.372 e. The average molecular weight is 257 g/mol. The van der Waals surface area contributed by atoms with E-state index in [9.17, 15) is 9.59 Å². The minimum atomic E-state index is -0.561. The molecule has 1 heterocycles. The van der Waals surface area contributed by atoms with E-state index in [-0.39, 0.29) is 11.6 Å². The third-order valence-electron chi connectivity index (χ3n) is 3.20. The molecule has 0 amide bonds. The summed E-state index contributed by atoms with van der Waals surface area (Å²) in [5.74, 6) is -0.286. The minimum Gasteiger partial charge on any atom is -0.372 e. The van der Waals surface area contributed by atoms with Gasteiger partial charge >= 0.3 is 0 Å². The van der Waals surface area contributed by atoms with E-state index in [4.69, 9.17) is 4.74 Å². The molecule has 0 bridgehead atoms. The molecule has 4 nitrogen and oxygen atoms in total. The minimum absolute atomic E-state index is 0.111. The standard InChI is InChI=1S/C15H15NO3/c1-9-7-12(17)13(10(2)14(9)18)15(19-3)11-5-4-6-16-8-11/h4-8,15H,1-3H3. The van der Waals surface area contributed by atoms with Crippen molar-refractivity contribution in [1.29, 1.82) is 0 Å². The van der Waals surface area contributed by atoms with Crippen molar-refractivity contribution in [2.45, 2.75) is 20.0 Å². The first-order valence-corrected chi connectivity index (χ1v) is 5.97. The van der Waals surface area contributed by atoms with E-state index in [0.29, 0.717) is 16.7 Å². The number of hydrogen-bond donors (Lipinski definition) is 0. The molecule has 1 atom stereocenters. The van der Waals surface area contributed by atoms with Gasteiger partial charge in [-0.2, -0.15) is 0 Å². The van der Waals surface area contributed by atoms with E-state index in [1.54, 1.807) is 32.3 Å². The van der Waals surface area contributed by atoms with Gasteiger partial charge in [0, 0.05) is 41.8 Å². The Balaban J connectivity index is 2.50. The molecule has 0 spiro atoms. The van der Waals surface area contributed by atoms with E-state index in [2.05, 4.69) is 4.98 Å². The maximum Gasteiger partial charge on any atom is 0.185 e. The number of methoxy groups -OCH3 is 1. The zero-order valence-electron chi connectivity index (χ0n) is 11.1. The molecule has 0 saturated heterocycles. The molecule has 1 aliphatic carbocycles. The fourth-order valence-corrected chi connectivity index (χ4v) is 2.22. The Bertz CT molecular complexity index is 585. The van der Waals surface area contributed by atoms with Crippen LogP contribution in [0.3, 0.4) is 0 Å². The maximum absolute atomic E-state index is 12.1. The molecule has 1 aromatic heterocycles. The summed E-state index contributed by atoms with van der Waals surface area (Å²) >= 11 is 0. The number of allylic oxidation sites excluding steroid dienone is 3. The number of rotatable bonds is 3. The van der Waals surface area contributed by atoms with Crippen LogP contribution in [0.25, 0.3) is 0 Å². The van der Waals surface area contributed by atoms with E-state index in [1.165, 1.54) is 13.2 Å². The number of Topliss-reactive ketones (excluding diaryl/α,β-unsaturated/α-hetero) is 1. The van der Waals surface area contributed by atoms with Gasteiger partial charge in [0.2, 0.25) is 0 Å². The summed E-state index contributed by atoms with van der Waals surface area (Å²) in [6.45, 7) is 3.31. The molecule has 1 aromatic rings. The molecule has 98 valence electrons. The highest BCUT2D eigenvalue weighted by atomic mass is 16.5. The average Bonchev–Trinajstić information content (AvgIpc) is 2.42. The summed E-state index contributed by atoms with van der Waals surface area (Å²) in [5.41, 5.74) is 2.06. The molecule has 19 heavy (non-hydrogen) atoms. The van der Waals surface area contributed by atoms with Crippen LogP contribution in [0.15, 0.2) is 47.3 Å². The smallest absolute Gasteiger partial charge is 0.185 e. The number of ketones is 2. The summed E-state index contributed by atoms with van der Waals surface area (Å²) < 4.78 is 5.40. The zero-order chi connectivity index (χ0) is 14.0. The Morgan fingerprint density at radius 2 is 2.00 bits per heavy atom. The topological polar surface area (TPSA) is 56.3 Å². The van der Waals surface area contributed by atoms with Gasteiger partial charge in [-0.15, -0.1) is 0 Å². The van der Waals surface area contributed by atoms with E-state index < -0.39 is 6.10 Å². The van der Waals surface area contributed by atoms with Crippen molar-refractivity contribution in [1.82, 2.24) is 4.98 Å². The van der Waals surface area contributed by atoms with Gasteiger partial charge in [-0.1, -0.05) is 6.07 Å². The van der Waals surface area contributed by atoms with Crippen molar-refractivity contribution in [2.24, 2.45) is 0 Å². The van der Waals surface area contributed by atoms with E-state index in [1.807, 2.05) is 6.07 Å². The van der Waals surface area contributed by atoms with Crippen LogP contribution in [-0.2, 0) is 14.3 Å². The molecule has 0 aromatic carbocycles. The highest BCUT2D eigenvalue weighted by Crippen LogP contribution is 2.31. The van der Waals surface area contributed by atoms with Gasteiger partial charge in [0.1, 0.15) is 6.10 Å². The lowest BCUT2D eigenvalue weighted by atomic mass is 9.86. The monoisotopic (exact) mass is 257 g/mol. The molecule has 4 heteroatoms. The van der Waals surface area contributed by atoms with Crippen LogP contribution in [0.2, 0.25) is 0 Å². The number of aromatic nitrogens is 1. The number of carbonyl (C=O) groups is 2. The Morgan fingerprint density at radius 1 is 1.26 bits per heavy atom. The molecule has 1 unspecified atom stereocenters. The fraction of sp³-hybridized carbons (Fsp3) is 0.267. The molecular formula is C15H15NO3. The van der Waals surface area contributed by atoms with Gasteiger partial charge in [0.15, 0.2) is 11.6 Å². The molecule has 2 rings (SSSR count). The predicted octanol–water partition coefficient (Wildman–Crippen LogP) is 2.18. The number of nitrogens with zero attached hydrogens (tertiary/aromatic N) is 1. The van der Waals surface area contributed by atoms with Gasteiger partial charge in [0.25, 0.3) is 0 Å². The Kier molecular flexibility index (Phi) is 3.71. The van der Waals surface area contributed by atoms with E-state index >= 15 is 0 Å². The molecule has 0 fully saturated rings. The number of carbonyl (C=O) groups excluding carboxylic acids is 2. The quantitative estimate of drug-likeness (QED) is 0.779. The third-order valence-corrected chi connectivity index (χ3v) is 3.20. The van der Waals surface area contributed by atoms with Crippen molar-refractivity contribution >= 4 is 11.6 Å². The summed E-state index contributed by atoms with van der Waals surface area (Å²) in [7, 11) is 1.51. The van der Waals surface area contributed by atoms with Gasteiger partial charge in [-0.3, -0.25) is 14.6 Å². The number of hydrogen-bond acceptors (Lipinski definition) is 4. The van der Waals surface area contributed by atoms with Gasteiger partial charge in [-0.05, 0) is 26.0 Å². The Morgan fingerprint density at radius 3 is 2.58 bits per heavy atom. The number of pyridine rings is 1. The van der Waals surface area contributed by atoms with Crippen molar-refractivity contribution < 1.29 is 14.3 Å². The van der Waals surface area contributed by atoms with Crippen molar-refractivity contribution in [3.05, 3.63) is 52.9 Å². The van der Waals surface area contributed by atoms with Gasteiger partial charge in [-0.25, -0.2) is 0 Å². The molecule has 0 radical (unpaired) electrons. The van der Waals surface area contributed by atoms with Crippen molar-refractivity contribution in [3.8, 4) is 0 Å². The summed E-state index contributed by atoms with van der Waals surface area (Å²) in [6.07, 6.45) is 4.09. The second-order valence-electron chi connectivity index (χ2n) is 4.46. The first kappa shape index (κ1) is 13.4. The molecule has 0 saturated carbocycles. The van der Waals surface area contributed by atoms with Crippen LogP contribution in [0, 0.1) is 0 Å². The van der Waals surface area contributed by atoms with Crippen LogP contribution in [0.5, 0.6) is 0 Å². The van der Waals surface area contributed by atoms with E-state index in [0.717, 1.165) is 5.56 Å². The predicted molar refractivity (Wildman–Crippen MR) is 70.5 cm³/mol. The van der Waals surface area contributed by atoms with Crippen LogP contribution in [0.1, 0.15) is 25.5 Å². The molecule has 0 N–H and O–H groups in total. The Labute approximate surface area is 111 Å². The lowest BCUT2D eigenvalue weighted by Gasteiger charge is -2.22. The first-order chi connectivity index (χ1) is 9.06. The highest BCUT2D eigenvalue weighted by molar-refractivity contribution is 6.22. The fourth-order valence-electron chi connectivity index (χ4n) is 2.22. The second-order valence-corrected chi connectivity index (χ2v) is 4.46. The number of ether oxygens (including phenoxy) is 1. The molecular weight excluding hydrogens is 242 g/mol. The van der Waals surface area contributed by atoms with Crippen LogP contribution < -0.4 is 0 Å². The van der Waals surface area contributed by atoms with Crippen LogP contribution in [-0.4, -0.2) is 23.7 Å². The normalized spacial score (nSPS) is 17.5. The first-order valence-electron chi connectivity index (χ1n) is 5.97. The summed E-state index contributed by atoms with van der Waals surface area (Å²) in [6, 6.07) is 3.60. The van der Waals surface area contributed by atoms with Crippen molar-refractivity contribution in [3.63, 3.8) is 0 Å². The summed E-state index contributed by atoms with van der Waals surface area (Å²) in [5, 5.41) is 0. The third kappa shape index (κ3) is 2.39. The zero-order valence-corrected chi connectivity index (χ0v) is 11.1. The Hall–Kier alpha value is -2.07. The highest BCUT2D eigenvalue weighted by Gasteiger charge is 2.30. The maximum atomic E-state index is 12.1. The second kappa shape index (κ2) is 5.28. The SMILES string of the molecule is COC(C1=C(C)C(=O)C(C)=CC1=O)c1cccnc1. The lowest BCUT2D eigenvalue weighted by molar-refractivity contribution is -0.116. The molecule has 1 aliphatic rings. The van der Waals surface area contributed by atoms with Crippen molar-refractivity contribution in [2.75, 3.05) is 7.11 Å². The molecule has 0 aliphatic heterocycles. The van der Waals surface area contributed by atoms with Crippen LogP contribution in [0.4, 0.5) is 0 Å². The van der Waals surface area contributed by atoms with Gasteiger partial charge < -0.3 is 4.74 Å². The summed E-state index contributed by atoms with van der Waals surface area (Å²) in [4.78, 5) is 28.1. The lowest BCUT2D eigenvalue weighted by Crippen LogP contribution is -2.22. The van der Waals surface area contributed by atoms with Crippen LogP contribution >= 0.6 is 0 Å².